The predicted octanol–water partition coefficient (Wildman–Crippen LogP) is 0.970. The Morgan fingerprint density at radius 1 is 1.30 bits per heavy atom. The molecule has 0 aliphatic carbocycles. The van der Waals surface area contributed by atoms with Crippen LogP contribution in [0.3, 0.4) is 0 Å². The maximum Gasteiger partial charge on any atom is 0.327 e. The number of aliphatic hydroxyl groups excluding tert-OH is 2. The van der Waals surface area contributed by atoms with Gasteiger partial charge in [0.15, 0.2) is 0 Å². The predicted molar refractivity (Wildman–Crippen MR) is 94.2 cm³/mol. The normalized spacial score (nSPS) is 32.5. The zero-order valence-corrected chi connectivity index (χ0v) is 15.2. The van der Waals surface area contributed by atoms with E-state index in [-0.39, 0.29) is 6.03 Å². The zero-order chi connectivity index (χ0) is 17.5. The average Bonchev–Trinajstić information content (AvgIpc) is 2.74. The molecule has 0 saturated carbocycles. The summed E-state index contributed by atoms with van der Waals surface area (Å²) in [5.74, 6) is 0. The molecule has 2 rings (SSSR count). The number of nitrogens with zero attached hydrogens (tertiary/aromatic N) is 2. The summed E-state index contributed by atoms with van der Waals surface area (Å²) in [6.07, 6.45) is 4.21. The molecule has 1 saturated heterocycles. The highest BCUT2D eigenvalue weighted by atomic mass is 31.2. The Morgan fingerprint density at radius 2 is 1.91 bits per heavy atom. The summed E-state index contributed by atoms with van der Waals surface area (Å²) in [5, 5.41) is 20.7. The minimum atomic E-state index is -1.22. The standard InChI is InChI=1S/C16H27N2O4P/c1-10-11(9-17(2)16(21)18(10)3)15-14(20)13(19)12(22-15)7-8-23(4,5)6/h9,12-15,19-20H,1,4,7-8H2,2-3,5-6H3/t12-,13-,14-,15+/m1/s1. The quantitative estimate of drug-likeness (QED) is 0.747. The van der Waals surface area contributed by atoms with Crippen molar-refractivity contribution >= 4 is 19.2 Å². The number of aliphatic hydroxyl groups is 2. The molecule has 7 heteroatoms. The van der Waals surface area contributed by atoms with Crippen molar-refractivity contribution in [2.45, 2.75) is 30.8 Å². The topological polar surface area (TPSA) is 73.2 Å². The van der Waals surface area contributed by atoms with Gasteiger partial charge in [-0.1, -0.05) is 6.58 Å². The van der Waals surface area contributed by atoms with Gasteiger partial charge in [-0.25, -0.2) is 4.79 Å². The molecule has 0 radical (unpaired) electrons. The number of carbonyl (C=O) groups excluding carboxylic acids is 1. The molecule has 0 spiro atoms. The van der Waals surface area contributed by atoms with Crippen LogP contribution in [0.4, 0.5) is 4.79 Å². The Labute approximate surface area is 138 Å². The van der Waals surface area contributed by atoms with Gasteiger partial charge in [0.05, 0.1) is 6.10 Å². The van der Waals surface area contributed by atoms with Crippen molar-refractivity contribution in [1.82, 2.24) is 9.80 Å². The van der Waals surface area contributed by atoms with Crippen LogP contribution < -0.4 is 0 Å². The van der Waals surface area contributed by atoms with Crippen molar-refractivity contribution < 1.29 is 19.7 Å². The van der Waals surface area contributed by atoms with Gasteiger partial charge < -0.3 is 19.8 Å². The van der Waals surface area contributed by atoms with E-state index in [1.54, 1.807) is 20.3 Å². The molecule has 0 aromatic rings. The fourth-order valence-electron chi connectivity index (χ4n) is 2.84. The van der Waals surface area contributed by atoms with Crippen LogP contribution in [0.1, 0.15) is 6.42 Å². The van der Waals surface area contributed by atoms with E-state index >= 15 is 0 Å². The Bertz CT molecular complexity index is 583. The maximum absolute atomic E-state index is 11.9. The molecule has 0 aromatic carbocycles. The van der Waals surface area contributed by atoms with Crippen LogP contribution in [-0.2, 0) is 4.74 Å². The van der Waals surface area contributed by atoms with Gasteiger partial charge in [0.1, 0.15) is 18.3 Å². The van der Waals surface area contributed by atoms with Crippen LogP contribution in [0, 0.1) is 0 Å². The summed E-state index contributed by atoms with van der Waals surface area (Å²) in [7, 11) is 3.26. The summed E-state index contributed by atoms with van der Waals surface area (Å²) in [4.78, 5) is 14.7. The van der Waals surface area contributed by atoms with Gasteiger partial charge in [-0.3, -0.25) is 4.90 Å². The lowest BCUT2D eigenvalue weighted by Gasteiger charge is -2.34. The van der Waals surface area contributed by atoms with E-state index in [0.717, 1.165) is 6.16 Å². The van der Waals surface area contributed by atoms with Gasteiger partial charge in [-0.2, -0.15) is 0 Å². The number of ether oxygens (including phenoxy) is 1. The van der Waals surface area contributed by atoms with Crippen LogP contribution in [0.5, 0.6) is 0 Å². The van der Waals surface area contributed by atoms with Crippen molar-refractivity contribution in [1.29, 1.82) is 0 Å². The van der Waals surface area contributed by atoms with Gasteiger partial charge in [0.2, 0.25) is 0 Å². The lowest BCUT2D eigenvalue weighted by Crippen LogP contribution is -2.43. The number of hydrogen-bond donors (Lipinski definition) is 2. The maximum atomic E-state index is 11.9. The molecule has 1 fully saturated rings. The molecule has 6 nitrogen and oxygen atoms in total. The Morgan fingerprint density at radius 3 is 2.48 bits per heavy atom. The molecule has 0 bridgehead atoms. The van der Waals surface area contributed by atoms with Crippen LogP contribution >= 0.6 is 6.89 Å². The minimum Gasteiger partial charge on any atom is -0.388 e. The van der Waals surface area contributed by atoms with Crippen molar-refractivity contribution in [3.8, 4) is 0 Å². The molecular weight excluding hydrogens is 315 g/mol. The lowest BCUT2D eigenvalue weighted by atomic mass is 9.98. The second kappa shape index (κ2) is 6.44. The molecule has 2 aliphatic heterocycles. The van der Waals surface area contributed by atoms with E-state index < -0.39 is 31.3 Å². The van der Waals surface area contributed by atoms with Crippen LogP contribution in [0.2, 0.25) is 0 Å². The highest BCUT2D eigenvalue weighted by molar-refractivity contribution is 7.72. The first kappa shape index (κ1) is 18.3. The molecule has 130 valence electrons. The average molecular weight is 342 g/mol. The second-order valence-corrected chi connectivity index (χ2v) is 11.3. The summed E-state index contributed by atoms with van der Waals surface area (Å²) in [6, 6.07) is -0.202. The van der Waals surface area contributed by atoms with Crippen molar-refractivity contribution in [3.63, 3.8) is 0 Å². The van der Waals surface area contributed by atoms with E-state index in [4.69, 9.17) is 4.74 Å². The molecule has 2 N–H and O–H groups in total. The van der Waals surface area contributed by atoms with Crippen molar-refractivity contribution in [2.75, 3.05) is 33.6 Å². The third-order valence-corrected chi connectivity index (χ3v) is 5.82. The summed E-state index contributed by atoms with van der Waals surface area (Å²) in [6.45, 7) is 6.94. The van der Waals surface area contributed by atoms with Crippen molar-refractivity contribution in [2.24, 2.45) is 0 Å². The Balaban J connectivity index is 2.17. The van der Waals surface area contributed by atoms with Crippen LogP contribution in [0.15, 0.2) is 24.0 Å². The van der Waals surface area contributed by atoms with Gasteiger partial charge in [0, 0.05) is 31.6 Å². The first-order valence-electron chi connectivity index (χ1n) is 7.63. The van der Waals surface area contributed by atoms with Crippen LogP contribution in [0.25, 0.3) is 0 Å². The van der Waals surface area contributed by atoms with E-state index in [1.165, 1.54) is 9.80 Å². The van der Waals surface area contributed by atoms with E-state index in [2.05, 4.69) is 26.2 Å². The van der Waals surface area contributed by atoms with E-state index in [9.17, 15) is 15.0 Å². The number of rotatable bonds is 4. The monoisotopic (exact) mass is 342 g/mol. The number of hydrogen-bond acceptors (Lipinski definition) is 4. The lowest BCUT2D eigenvalue weighted by molar-refractivity contribution is 0.0183. The minimum absolute atomic E-state index is 0.202. The molecule has 23 heavy (non-hydrogen) atoms. The highest BCUT2D eigenvalue weighted by Gasteiger charge is 2.46. The third-order valence-electron chi connectivity index (χ3n) is 4.35. The summed E-state index contributed by atoms with van der Waals surface area (Å²) in [5.41, 5.74) is 1.10. The van der Waals surface area contributed by atoms with Crippen LogP contribution in [-0.4, -0.2) is 90.3 Å². The first-order chi connectivity index (χ1) is 10.5. The van der Waals surface area contributed by atoms with Crippen molar-refractivity contribution in [3.05, 3.63) is 24.0 Å². The Kier molecular flexibility index (Phi) is 5.12. The first-order valence-corrected chi connectivity index (χ1v) is 10.7. The van der Waals surface area contributed by atoms with Gasteiger partial charge in [-0.15, -0.1) is 13.2 Å². The molecule has 0 aromatic heterocycles. The van der Waals surface area contributed by atoms with E-state index in [1.807, 2.05) is 0 Å². The van der Waals surface area contributed by atoms with Gasteiger partial charge >= 0.3 is 6.03 Å². The summed E-state index contributed by atoms with van der Waals surface area (Å²) >= 11 is 0. The highest BCUT2D eigenvalue weighted by Crippen LogP contribution is 2.39. The molecular formula is C16H27N2O4P. The number of amides is 2. The summed E-state index contributed by atoms with van der Waals surface area (Å²) < 4.78 is 5.92. The van der Waals surface area contributed by atoms with E-state index in [0.29, 0.717) is 17.7 Å². The molecule has 0 unspecified atom stereocenters. The van der Waals surface area contributed by atoms with Gasteiger partial charge in [0.25, 0.3) is 0 Å². The molecule has 2 amide bonds. The largest absolute Gasteiger partial charge is 0.388 e. The fourth-order valence-corrected chi connectivity index (χ4v) is 3.80. The zero-order valence-electron chi connectivity index (χ0n) is 14.3. The van der Waals surface area contributed by atoms with Gasteiger partial charge in [-0.05, 0) is 25.9 Å². The number of carbonyl (C=O) groups is 1. The molecule has 4 atom stereocenters. The third kappa shape index (κ3) is 3.72. The smallest absolute Gasteiger partial charge is 0.327 e. The number of likely N-dealkylation sites (N-methyl/N-ethyl adjacent to an activating group) is 1. The SMILES string of the molecule is C=C1C([C@@H]2O[C@H](CCP(=C)(C)C)[C@@H](O)[C@H]2O)=CN(C)C(=O)N1C. The molecule has 2 heterocycles. The number of urea groups is 1. The second-order valence-electron chi connectivity index (χ2n) is 7.01. The Hall–Kier alpha value is -1.07. The molecule has 2 aliphatic rings. The fraction of sp³-hybridized carbons (Fsp3) is 0.625.